The monoisotopic (exact) mass is 329 g/mol. The van der Waals surface area contributed by atoms with Gasteiger partial charge in [0, 0.05) is 23.6 Å². The Balaban J connectivity index is 1.76. The second-order valence-electron chi connectivity index (χ2n) is 6.87. The fourth-order valence-corrected chi connectivity index (χ4v) is 3.32. The van der Waals surface area contributed by atoms with Crippen LogP contribution in [0.15, 0.2) is 36.4 Å². The molecule has 1 amide bonds. The van der Waals surface area contributed by atoms with Crippen molar-refractivity contribution in [3.8, 4) is 0 Å². The molecule has 0 bridgehead atoms. The van der Waals surface area contributed by atoms with Crippen LogP contribution < -0.4 is 5.32 Å². The zero-order valence-corrected chi connectivity index (χ0v) is 14.1. The Hall–Kier alpha value is -2.23. The average Bonchev–Trinajstić information content (AvgIpc) is 3.18. The fourth-order valence-electron chi connectivity index (χ4n) is 3.32. The van der Waals surface area contributed by atoms with E-state index in [-0.39, 0.29) is 11.8 Å². The van der Waals surface area contributed by atoms with Gasteiger partial charge in [-0.1, -0.05) is 19.1 Å². The van der Waals surface area contributed by atoms with Crippen LogP contribution in [0.2, 0.25) is 0 Å². The molecule has 2 unspecified atom stereocenters. The zero-order valence-electron chi connectivity index (χ0n) is 14.1. The predicted molar refractivity (Wildman–Crippen MR) is 90.1 cm³/mol. The molecule has 24 heavy (non-hydrogen) atoms. The van der Waals surface area contributed by atoms with Gasteiger partial charge in [-0.2, -0.15) is 0 Å². The Morgan fingerprint density at radius 3 is 2.46 bits per heavy atom. The van der Waals surface area contributed by atoms with E-state index in [1.54, 1.807) is 6.07 Å². The van der Waals surface area contributed by atoms with Gasteiger partial charge in [-0.3, -0.25) is 4.79 Å². The molecule has 1 saturated carbocycles. The highest BCUT2D eigenvalue weighted by molar-refractivity contribution is 5.94. The number of rotatable bonds is 4. The molecule has 0 heterocycles. The number of carbonyl (C=O) groups excluding carboxylic acids is 1. The highest BCUT2D eigenvalue weighted by Crippen LogP contribution is 2.54. The van der Waals surface area contributed by atoms with Gasteiger partial charge in [-0.05, 0) is 61.1 Å². The summed E-state index contributed by atoms with van der Waals surface area (Å²) in [6.07, 6.45) is 0.781. The Kier molecular flexibility index (Phi) is 4.16. The minimum atomic E-state index is -0.584. The van der Waals surface area contributed by atoms with Crippen LogP contribution in [-0.4, -0.2) is 12.5 Å². The summed E-state index contributed by atoms with van der Waals surface area (Å²) in [4.78, 5) is 12.4. The zero-order chi connectivity index (χ0) is 17.5. The van der Waals surface area contributed by atoms with E-state index in [0.29, 0.717) is 17.7 Å². The Morgan fingerprint density at radius 2 is 1.88 bits per heavy atom. The Labute approximate surface area is 140 Å². The topological polar surface area (TPSA) is 29.1 Å². The molecule has 1 fully saturated rings. The van der Waals surface area contributed by atoms with Crippen LogP contribution in [0.3, 0.4) is 0 Å². The molecular weight excluding hydrogens is 308 g/mol. The molecule has 0 radical (unpaired) electrons. The number of hydrogen-bond acceptors (Lipinski definition) is 1. The third-order valence-corrected chi connectivity index (χ3v) is 5.25. The summed E-state index contributed by atoms with van der Waals surface area (Å²) < 4.78 is 27.3. The highest BCUT2D eigenvalue weighted by Gasteiger charge is 2.53. The summed E-state index contributed by atoms with van der Waals surface area (Å²) >= 11 is 0. The van der Waals surface area contributed by atoms with E-state index in [1.165, 1.54) is 12.1 Å². The lowest BCUT2D eigenvalue weighted by molar-refractivity contribution is 0.0948. The van der Waals surface area contributed by atoms with Crippen molar-refractivity contribution in [1.29, 1.82) is 0 Å². The first-order valence-corrected chi connectivity index (χ1v) is 8.14. The lowest BCUT2D eigenvalue weighted by Gasteiger charge is -2.19. The minimum absolute atomic E-state index is 0.168. The maximum absolute atomic E-state index is 14.2. The number of carbonyl (C=O) groups is 1. The van der Waals surface area contributed by atoms with Gasteiger partial charge in [0.25, 0.3) is 5.91 Å². The van der Waals surface area contributed by atoms with Crippen LogP contribution in [0, 0.1) is 31.4 Å². The molecule has 2 nitrogen and oxygen atoms in total. The molecule has 0 aromatic heterocycles. The SMILES string of the molecule is Cc1ccc(C(=O)NCC2(c3ccc(F)cc3F)CC2C)cc1C. The molecule has 2 atom stereocenters. The third kappa shape index (κ3) is 2.93. The van der Waals surface area contributed by atoms with Gasteiger partial charge in [-0.15, -0.1) is 0 Å². The van der Waals surface area contributed by atoms with Gasteiger partial charge in [0.2, 0.25) is 0 Å². The van der Waals surface area contributed by atoms with Crippen molar-refractivity contribution in [2.45, 2.75) is 32.6 Å². The van der Waals surface area contributed by atoms with Crippen molar-refractivity contribution < 1.29 is 13.6 Å². The van der Waals surface area contributed by atoms with Crippen LogP contribution >= 0.6 is 0 Å². The molecule has 2 aromatic rings. The molecular formula is C20H21F2NO. The van der Waals surface area contributed by atoms with E-state index in [1.807, 2.05) is 32.9 Å². The van der Waals surface area contributed by atoms with Gasteiger partial charge >= 0.3 is 0 Å². The molecule has 0 aliphatic heterocycles. The predicted octanol–water partition coefficient (Wildman–Crippen LogP) is 4.29. The van der Waals surface area contributed by atoms with Gasteiger partial charge in [-0.25, -0.2) is 8.78 Å². The third-order valence-electron chi connectivity index (χ3n) is 5.25. The number of benzene rings is 2. The normalized spacial score (nSPS) is 22.3. The maximum Gasteiger partial charge on any atom is 0.251 e. The van der Waals surface area contributed by atoms with E-state index < -0.39 is 17.0 Å². The number of hydrogen-bond donors (Lipinski definition) is 1. The maximum atomic E-state index is 14.2. The molecule has 2 aromatic carbocycles. The molecule has 3 rings (SSSR count). The highest BCUT2D eigenvalue weighted by atomic mass is 19.1. The summed E-state index contributed by atoms with van der Waals surface area (Å²) in [6, 6.07) is 9.24. The molecule has 126 valence electrons. The first kappa shape index (κ1) is 16.6. The first-order chi connectivity index (χ1) is 11.3. The van der Waals surface area contributed by atoms with E-state index in [9.17, 15) is 13.6 Å². The van der Waals surface area contributed by atoms with Gasteiger partial charge in [0.15, 0.2) is 0 Å². The van der Waals surface area contributed by atoms with Crippen molar-refractivity contribution in [1.82, 2.24) is 5.32 Å². The number of aryl methyl sites for hydroxylation is 2. The second kappa shape index (κ2) is 6.00. The molecule has 0 spiro atoms. The number of amides is 1. The van der Waals surface area contributed by atoms with E-state index in [4.69, 9.17) is 0 Å². The fraction of sp³-hybridized carbons (Fsp3) is 0.350. The van der Waals surface area contributed by atoms with Crippen LogP contribution in [0.4, 0.5) is 8.78 Å². The molecule has 1 aliphatic carbocycles. The van der Waals surface area contributed by atoms with E-state index in [2.05, 4.69) is 5.32 Å². The molecule has 1 aliphatic rings. The van der Waals surface area contributed by atoms with Crippen molar-refractivity contribution in [2.75, 3.05) is 6.54 Å². The summed E-state index contributed by atoms with van der Waals surface area (Å²) in [5.41, 5.74) is 2.83. The standard InChI is InChI=1S/C20H21F2NO/c1-12-4-5-15(8-13(12)2)19(24)23-11-20(10-14(20)3)17-7-6-16(21)9-18(17)22/h4-9,14H,10-11H2,1-3H3,(H,23,24). The quantitative estimate of drug-likeness (QED) is 0.891. The van der Waals surface area contributed by atoms with Crippen LogP contribution in [0.5, 0.6) is 0 Å². The summed E-state index contributed by atoms with van der Waals surface area (Å²) in [6.45, 7) is 6.33. The van der Waals surface area contributed by atoms with Gasteiger partial charge in [0.1, 0.15) is 11.6 Å². The smallest absolute Gasteiger partial charge is 0.251 e. The summed E-state index contributed by atoms with van der Waals surface area (Å²) in [5, 5.41) is 2.92. The molecule has 4 heteroatoms. The average molecular weight is 329 g/mol. The van der Waals surface area contributed by atoms with E-state index >= 15 is 0 Å². The van der Waals surface area contributed by atoms with Crippen LogP contribution in [0.25, 0.3) is 0 Å². The van der Waals surface area contributed by atoms with Crippen molar-refractivity contribution in [3.63, 3.8) is 0 Å². The van der Waals surface area contributed by atoms with Crippen molar-refractivity contribution in [2.24, 2.45) is 5.92 Å². The van der Waals surface area contributed by atoms with Gasteiger partial charge < -0.3 is 5.32 Å². The Bertz CT molecular complexity index is 802. The summed E-state index contributed by atoms with van der Waals surface area (Å²) in [5.74, 6) is -1.05. The lowest BCUT2D eigenvalue weighted by Crippen LogP contribution is -2.33. The molecule has 1 N–H and O–H groups in total. The minimum Gasteiger partial charge on any atom is -0.351 e. The Morgan fingerprint density at radius 1 is 1.17 bits per heavy atom. The van der Waals surface area contributed by atoms with Crippen molar-refractivity contribution in [3.05, 3.63) is 70.3 Å². The van der Waals surface area contributed by atoms with Gasteiger partial charge in [0.05, 0.1) is 0 Å². The lowest BCUT2D eigenvalue weighted by atomic mass is 9.92. The first-order valence-electron chi connectivity index (χ1n) is 8.14. The van der Waals surface area contributed by atoms with Crippen LogP contribution in [0.1, 0.15) is 40.4 Å². The molecule has 0 saturated heterocycles. The largest absolute Gasteiger partial charge is 0.351 e. The second-order valence-corrected chi connectivity index (χ2v) is 6.87. The van der Waals surface area contributed by atoms with Crippen LogP contribution in [-0.2, 0) is 5.41 Å². The van der Waals surface area contributed by atoms with E-state index in [0.717, 1.165) is 23.6 Å². The summed E-state index contributed by atoms with van der Waals surface area (Å²) in [7, 11) is 0. The number of halogens is 2. The van der Waals surface area contributed by atoms with Crippen molar-refractivity contribution >= 4 is 5.91 Å². The number of nitrogens with one attached hydrogen (secondary N) is 1.